The molecule has 0 saturated carbocycles. The maximum Gasteiger partial charge on any atom is 0 e. The zero-order valence-corrected chi connectivity index (χ0v) is 8.04. The third kappa shape index (κ3) is 2.28. The second kappa shape index (κ2) is 3.63. The Kier molecular flexibility index (Phi) is 3.93. The molecule has 0 aliphatic heterocycles. The van der Waals surface area contributed by atoms with Crippen molar-refractivity contribution in [1.29, 1.82) is 0 Å². The van der Waals surface area contributed by atoms with Crippen molar-refractivity contribution < 1.29 is 25.8 Å². The topological polar surface area (TPSA) is 0 Å². The molecule has 0 bridgehead atoms. The van der Waals surface area contributed by atoms with Crippen LogP contribution in [0.5, 0.6) is 0 Å². The Hall–Kier alpha value is 0.650. The summed E-state index contributed by atoms with van der Waals surface area (Å²) in [4.78, 5) is 0. The van der Waals surface area contributed by atoms with Gasteiger partial charge in [-0.25, -0.2) is 0 Å². The molecule has 0 fully saturated rings. The summed E-state index contributed by atoms with van der Waals surface area (Å²) >= 11 is 0. The van der Waals surface area contributed by atoms with Gasteiger partial charge >= 0.3 is 0 Å². The molecule has 8 heavy (non-hydrogen) atoms. The number of hydrogen-bond acceptors (Lipinski definition) is 0. The van der Waals surface area contributed by atoms with Gasteiger partial charge in [0.1, 0.15) is 0 Å². The molecular weight excluding hydrogens is 148 g/mol. The quantitative estimate of drug-likeness (QED) is 0.542. The van der Waals surface area contributed by atoms with Crippen molar-refractivity contribution in [1.82, 2.24) is 0 Å². The number of rotatable bonds is 0. The van der Waals surface area contributed by atoms with Gasteiger partial charge in [-0.05, 0) is 24.4 Å². The molecule has 0 spiro atoms. The van der Waals surface area contributed by atoms with Crippen molar-refractivity contribution in [3.05, 3.63) is 22.7 Å². The molecule has 0 saturated heterocycles. The molecule has 0 aliphatic carbocycles. The molecule has 0 aromatic carbocycles. The largest absolute Gasteiger partial charge is 0.134 e. The molecular formula is C6H9PSc. The van der Waals surface area contributed by atoms with Crippen molar-refractivity contribution in [2.75, 3.05) is 0 Å². The smallest absolute Gasteiger partial charge is 0 e. The van der Waals surface area contributed by atoms with Crippen molar-refractivity contribution in [2.24, 2.45) is 0 Å². The van der Waals surface area contributed by atoms with Crippen LogP contribution in [-0.2, 0) is 25.8 Å². The minimum absolute atomic E-state index is 0. The summed E-state index contributed by atoms with van der Waals surface area (Å²) < 4.78 is 0. The number of aryl methyl sites for hydroxylation is 2. The fourth-order valence-corrected chi connectivity index (χ4v) is 1.60. The molecule has 0 nitrogen and oxygen atoms in total. The molecule has 0 unspecified atom stereocenters. The van der Waals surface area contributed by atoms with Crippen LogP contribution in [0.4, 0.5) is 0 Å². The fraction of sp³-hybridized carbons (Fsp3) is 0.333. The monoisotopic (exact) mass is 157 g/mol. The Labute approximate surface area is 70.6 Å². The van der Waals surface area contributed by atoms with E-state index in [0.717, 1.165) is 8.19 Å². The first-order valence-electron chi connectivity index (χ1n) is 2.41. The van der Waals surface area contributed by atoms with E-state index in [-0.39, 0.29) is 25.8 Å². The van der Waals surface area contributed by atoms with Gasteiger partial charge in [-0.2, -0.15) is 0 Å². The minimum atomic E-state index is 0. The molecule has 0 atom stereocenters. The van der Waals surface area contributed by atoms with Crippen molar-refractivity contribution >= 4 is 8.19 Å². The maximum absolute atomic E-state index is 2.19. The van der Waals surface area contributed by atoms with E-state index in [9.17, 15) is 0 Å². The van der Waals surface area contributed by atoms with Gasteiger partial charge in [-0.3, -0.25) is 0 Å². The SMILES string of the molecule is Cc1ccc(C)[pH]1.[Sc]. The first-order chi connectivity index (χ1) is 3.29. The van der Waals surface area contributed by atoms with Crippen LogP contribution in [0, 0.1) is 13.8 Å². The molecule has 2 heteroatoms. The van der Waals surface area contributed by atoms with E-state index in [1.165, 1.54) is 10.6 Å². The summed E-state index contributed by atoms with van der Waals surface area (Å²) in [6, 6.07) is 4.38. The van der Waals surface area contributed by atoms with Crippen molar-refractivity contribution in [2.45, 2.75) is 13.8 Å². The summed E-state index contributed by atoms with van der Waals surface area (Å²) in [7, 11) is 0.978. The predicted octanol–water partition coefficient (Wildman–Crippen LogP) is 2.33. The summed E-state index contributed by atoms with van der Waals surface area (Å²) in [5.74, 6) is 0. The van der Waals surface area contributed by atoms with Crippen molar-refractivity contribution in [3.63, 3.8) is 0 Å². The molecule has 0 amide bonds. The van der Waals surface area contributed by atoms with Crippen LogP contribution in [-0.4, -0.2) is 0 Å². The first-order valence-corrected chi connectivity index (χ1v) is 3.41. The van der Waals surface area contributed by atoms with Crippen LogP contribution in [0.25, 0.3) is 0 Å². The Morgan fingerprint density at radius 1 is 1.12 bits per heavy atom. The van der Waals surface area contributed by atoms with E-state index in [1.54, 1.807) is 0 Å². The van der Waals surface area contributed by atoms with Gasteiger partial charge in [0.05, 0.1) is 0 Å². The van der Waals surface area contributed by atoms with E-state index in [0.29, 0.717) is 0 Å². The van der Waals surface area contributed by atoms with Gasteiger partial charge in [0.2, 0.25) is 0 Å². The molecule has 1 aromatic heterocycles. The van der Waals surface area contributed by atoms with Crippen LogP contribution >= 0.6 is 8.19 Å². The third-order valence-electron chi connectivity index (χ3n) is 0.978. The van der Waals surface area contributed by atoms with Gasteiger partial charge in [0, 0.05) is 25.8 Å². The van der Waals surface area contributed by atoms with E-state index < -0.39 is 0 Å². The molecule has 0 aliphatic rings. The summed E-state index contributed by atoms with van der Waals surface area (Å²) in [6.07, 6.45) is 0. The zero-order valence-electron chi connectivity index (χ0n) is 5.23. The van der Waals surface area contributed by atoms with E-state index in [1.807, 2.05) is 0 Å². The summed E-state index contributed by atoms with van der Waals surface area (Å²) in [6.45, 7) is 4.34. The second-order valence-electron chi connectivity index (χ2n) is 1.82. The van der Waals surface area contributed by atoms with Gasteiger partial charge in [-0.1, -0.05) is 12.1 Å². The second-order valence-corrected chi connectivity index (χ2v) is 3.65. The van der Waals surface area contributed by atoms with Crippen LogP contribution in [0.3, 0.4) is 0 Å². The molecule has 0 N–H and O–H groups in total. The molecule has 1 aromatic rings. The van der Waals surface area contributed by atoms with Gasteiger partial charge in [-0.15, -0.1) is 8.19 Å². The predicted molar refractivity (Wildman–Crippen MR) is 35.4 cm³/mol. The average Bonchev–Trinajstić information content (AvgIpc) is 1.87. The molecule has 1 heterocycles. The molecule has 1 rings (SSSR count). The van der Waals surface area contributed by atoms with Crippen LogP contribution < -0.4 is 0 Å². The first kappa shape index (κ1) is 8.65. The summed E-state index contributed by atoms with van der Waals surface area (Å²) in [5, 5.41) is 3.02. The molecule has 1 radical (unpaired) electrons. The average molecular weight is 157 g/mol. The summed E-state index contributed by atoms with van der Waals surface area (Å²) in [5.41, 5.74) is 0. The van der Waals surface area contributed by atoms with E-state index in [2.05, 4.69) is 26.0 Å². The Balaban J connectivity index is 0.000000490. The zero-order chi connectivity index (χ0) is 5.28. The van der Waals surface area contributed by atoms with Gasteiger partial charge < -0.3 is 0 Å². The fourth-order valence-electron chi connectivity index (χ4n) is 0.644. The van der Waals surface area contributed by atoms with Crippen LogP contribution in [0.1, 0.15) is 10.6 Å². The van der Waals surface area contributed by atoms with Crippen molar-refractivity contribution in [3.8, 4) is 0 Å². The standard InChI is InChI=1S/C6H9P.Sc/c1-5-3-4-6(2)7-5;/h3-4,7H,1-2H3;. The maximum atomic E-state index is 2.19. The Bertz CT molecular complexity index is 141. The normalized spacial score (nSPS) is 8.25. The van der Waals surface area contributed by atoms with E-state index in [4.69, 9.17) is 0 Å². The van der Waals surface area contributed by atoms with Gasteiger partial charge in [0.15, 0.2) is 0 Å². The Morgan fingerprint density at radius 3 is 1.62 bits per heavy atom. The van der Waals surface area contributed by atoms with E-state index >= 15 is 0 Å². The van der Waals surface area contributed by atoms with Gasteiger partial charge in [0.25, 0.3) is 0 Å². The number of hydrogen-bond donors (Lipinski definition) is 0. The van der Waals surface area contributed by atoms with Crippen LogP contribution in [0.2, 0.25) is 0 Å². The minimum Gasteiger partial charge on any atom is -0.134 e. The Morgan fingerprint density at radius 2 is 1.50 bits per heavy atom. The third-order valence-corrected chi connectivity index (χ3v) is 2.10. The van der Waals surface area contributed by atoms with Crippen LogP contribution in [0.15, 0.2) is 12.1 Å². The molecule has 41 valence electrons.